The van der Waals surface area contributed by atoms with Gasteiger partial charge >= 0.3 is 0 Å². The number of aryl methyl sites for hydroxylation is 1. The normalized spacial score (nSPS) is 15.4. The van der Waals surface area contributed by atoms with Crippen molar-refractivity contribution in [3.63, 3.8) is 0 Å². The third-order valence-electron chi connectivity index (χ3n) is 5.21. The molecule has 0 unspecified atom stereocenters. The lowest BCUT2D eigenvalue weighted by Crippen LogP contribution is -2.31. The van der Waals surface area contributed by atoms with Gasteiger partial charge in [-0.1, -0.05) is 30.0 Å². The van der Waals surface area contributed by atoms with Crippen LogP contribution < -0.4 is 24.8 Å². The average Bonchev–Trinajstić information content (AvgIpc) is 2.82. The molecule has 0 saturated heterocycles. The van der Waals surface area contributed by atoms with E-state index >= 15 is 0 Å². The van der Waals surface area contributed by atoms with Crippen LogP contribution in [0.4, 0.5) is 5.69 Å². The molecule has 8 nitrogen and oxygen atoms in total. The third kappa shape index (κ3) is 5.41. The van der Waals surface area contributed by atoms with Gasteiger partial charge in [-0.25, -0.2) is 0 Å². The van der Waals surface area contributed by atoms with E-state index in [1.54, 1.807) is 12.1 Å². The summed E-state index contributed by atoms with van der Waals surface area (Å²) in [6.07, 6.45) is 0.0843. The van der Waals surface area contributed by atoms with Gasteiger partial charge in [-0.2, -0.15) is 5.26 Å². The van der Waals surface area contributed by atoms with Crippen molar-refractivity contribution in [3.8, 4) is 23.3 Å². The van der Waals surface area contributed by atoms with E-state index in [0.717, 1.165) is 23.0 Å². The van der Waals surface area contributed by atoms with Gasteiger partial charge in [0.25, 0.3) is 0 Å². The molecule has 1 aliphatic heterocycles. The van der Waals surface area contributed by atoms with Gasteiger partial charge in [-0.15, -0.1) is 0 Å². The average molecular weight is 468 g/mol. The summed E-state index contributed by atoms with van der Waals surface area (Å²) in [7, 11) is 4.51. The summed E-state index contributed by atoms with van der Waals surface area (Å²) in [5, 5.41) is 15.9. The van der Waals surface area contributed by atoms with E-state index in [4.69, 9.17) is 14.2 Å². The van der Waals surface area contributed by atoms with Crippen LogP contribution in [-0.2, 0) is 9.59 Å². The van der Waals surface area contributed by atoms with Gasteiger partial charge < -0.3 is 24.8 Å². The van der Waals surface area contributed by atoms with Gasteiger partial charge in [-0.05, 0) is 36.2 Å². The van der Waals surface area contributed by atoms with Crippen LogP contribution in [0, 0.1) is 18.3 Å². The van der Waals surface area contributed by atoms with Crippen molar-refractivity contribution in [3.05, 3.63) is 58.1 Å². The summed E-state index contributed by atoms with van der Waals surface area (Å²) in [6.45, 7) is 1.91. The molecule has 2 N–H and O–H groups in total. The Labute approximate surface area is 196 Å². The van der Waals surface area contributed by atoms with Gasteiger partial charge in [0.1, 0.15) is 0 Å². The van der Waals surface area contributed by atoms with E-state index in [9.17, 15) is 14.9 Å². The minimum Gasteiger partial charge on any atom is -0.493 e. The number of hydrogen-bond donors (Lipinski definition) is 2. The molecule has 0 aliphatic carbocycles. The van der Waals surface area contributed by atoms with Crippen LogP contribution in [0.5, 0.6) is 17.2 Å². The molecule has 2 aromatic rings. The number of methoxy groups -OCH3 is 3. The van der Waals surface area contributed by atoms with Crippen molar-refractivity contribution in [1.82, 2.24) is 5.32 Å². The number of amides is 2. The quantitative estimate of drug-likeness (QED) is 0.609. The smallest absolute Gasteiger partial charge is 0.234 e. The number of thioether (sulfide) groups is 1. The van der Waals surface area contributed by atoms with E-state index in [-0.39, 0.29) is 24.0 Å². The number of hydrogen-bond acceptors (Lipinski definition) is 7. The zero-order chi connectivity index (χ0) is 24.0. The van der Waals surface area contributed by atoms with Gasteiger partial charge in [0.2, 0.25) is 17.6 Å². The Hall–Kier alpha value is -3.64. The Balaban J connectivity index is 1.87. The lowest BCUT2D eigenvalue weighted by molar-refractivity contribution is -0.121. The summed E-state index contributed by atoms with van der Waals surface area (Å²) in [5.41, 5.74) is 2.72. The molecular formula is C24H25N3O5S. The fraction of sp³-hybridized carbons (Fsp3) is 0.292. The molecule has 0 bridgehead atoms. The Morgan fingerprint density at radius 1 is 1.18 bits per heavy atom. The monoisotopic (exact) mass is 467 g/mol. The maximum Gasteiger partial charge on any atom is 0.234 e. The Morgan fingerprint density at radius 3 is 2.42 bits per heavy atom. The molecule has 33 heavy (non-hydrogen) atoms. The summed E-state index contributed by atoms with van der Waals surface area (Å²) < 4.78 is 16.2. The summed E-state index contributed by atoms with van der Waals surface area (Å²) in [4.78, 5) is 25.0. The zero-order valence-electron chi connectivity index (χ0n) is 18.9. The summed E-state index contributed by atoms with van der Waals surface area (Å²) >= 11 is 1.12. The molecule has 0 saturated carbocycles. The van der Waals surface area contributed by atoms with Crippen molar-refractivity contribution in [2.24, 2.45) is 0 Å². The van der Waals surface area contributed by atoms with Crippen molar-refractivity contribution in [1.29, 1.82) is 5.26 Å². The lowest BCUT2D eigenvalue weighted by Gasteiger charge is -2.26. The number of nitriles is 1. The molecule has 1 atom stereocenters. The highest BCUT2D eigenvalue weighted by atomic mass is 32.2. The minimum absolute atomic E-state index is 0.0388. The molecule has 1 aliphatic rings. The molecule has 9 heteroatoms. The van der Waals surface area contributed by atoms with Crippen molar-refractivity contribution >= 4 is 29.3 Å². The van der Waals surface area contributed by atoms with Crippen LogP contribution >= 0.6 is 11.8 Å². The zero-order valence-corrected chi connectivity index (χ0v) is 19.7. The molecule has 3 rings (SSSR count). The molecule has 2 aromatic carbocycles. The van der Waals surface area contributed by atoms with E-state index < -0.39 is 5.92 Å². The first-order chi connectivity index (χ1) is 15.9. The van der Waals surface area contributed by atoms with E-state index in [1.807, 2.05) is 31.2 Å². The van der Waals surface area contributed by atoms with E-state index in [0.29, 0.717) is 33.4 Å². The first kappa shape index (κ1) is 24.0. The number of rotatable bonds is 8. The second-order valence-corrected chi connectivity index (χ2v) is 8.26. The molecule has 0 aromatic heterocycles. The Kier molecular flexibility index (Phi) is 7.85. The van der Waals surface area contributed by atoms with Crippen molar-refractivity contribution < 1.29 is 23.8 Å². The largest absolute Gasteiger partial charge is 0.493 e. The fourth-order valence-corrected chi connectivity index (χ4v) is 4.43. The molecule has 172 valence electrons. The maximum absolute atomic E-state index is 12.5. The van der Waals surface area contributed by atoms with Crippen LogP contribution in [0.25, 0.3) is 0 Å². The number of nitrogens with zero attached hydrogens (tertiary/aromatic N) is 1. The molecular weight excluding hydrogens is 442 g/mol. The van der Waals surface area contributed by atoms with Gasteiger partial charge in [0.15, 0.2) is 11.5 Å². The topological polar surface area (TPSA) is 110 Å². The van der Waals surface area contributed by atoms with Gasteiger partial charge in [0.05, 0.1) is 43.8 Å². The second kappa shape index (κ2) is 10.8. The van der Waals surface area contributed by atoms with E-state index in [1.165, 1.54) is 21.3 Å². The Bertz CT molecular complexity index is 1110. The number of anilines is 1. The fourth-order valence-electron chi connectivity index (χ4n) is 3.56. The number of benzene rings is 2. The third-order valence-corrected chi connectivity index (χ3v) is 6.23. The highest BCUT2D eigenvalue weighted by Crippen LogP contribution is 2.44. The first-order valence-corrected chi connectivity index (χ1v) is 11.1. The number of carbonyl (C=O) groups excluding carboxylic acids is 2. The molecule has 1 heterocycles. The minimum atomic E-state index is -0.514. The number of para-hydroxylation sites is 1. The lowest BCUT2D eigenvalue weighted by atomic mass is 9.86. The van der Waals surface area contributed by atoms with Crippen LogP contribution in [-0.4, -0.2) is 38.9 Å². The van der Waals surface area contributed by atoms with Crippen molar-refractivity contribution in [2.75, 3.05) is 32.4 Å². The van der Waals surface area contributed by atoms with Crippen molar-refractivity contribution in [2.45, 2.75) is 19.3 Å². The summed E-state index contributed by atoms with van der Waals surface area (Å²) in [5.74, 6) is 0.340. The number of allylic oxidation sites excluding steroid dienone is 1. The Morgan fingerprint density at radius 2 is 1.85 bits per heavy atom. The molecule has 0 radical (unpaired) electrons. The van der Waals surface area contributed by atoms with Crippen LogP contribution in [0.2, 0.25) is 0 Å². The number of nitrogens with one attached hydrogen (secondary N) is 2. The van der Waals surface area contributed by atoms with E-state index in [2.05, 4.69) is 16.7 Å². The molecule has 0 fully saturated rings. The van der Waals surface area contributed by atoms with Crippen LogP contribution in [0.1, 0.15) is 23.5 Å². The standard InChI is InChI=1S/C24H25N3O5S/c1-14-7-5-6-8-18(14)26-22(29)13-33-24-17(12-25)16(11-21(28)27-24)15-9-19(30-2)23(32-4)20(10-15)31-3/h5-10,16H,11,13H2,1-4H3,(H,26,29)(H,27,28)/t16-/m1/s1. The predicted octanol–water partition coefficient (Wildman–Crippen LogP) is 3.73. The van der Waals surface area contributed by atoms with Crippen LogP contribution in [0.3, 0.4) is 0 Å². The SMILES string of the molecule is COc1cc([C@H]2CC(=O)NC(SCC(=O)Nc3ccccc3C)=C2C#N)cc(OC)c1OC. The first-order valence-electron chi connectivity index (χ1n) is 10.1. The predicted molar refractivity (Wildman–Crippen MR) is 127 cm³/mol. The summed E-state index contributed by atoms with van der Waals surface area (Å²) in [6, 6.07) is 13.1. The van der Waals surface area contributed by atoms with Gasteiger partial charge in [-0.3, -0.25) is 9.59 Å². The highest BCUT2D eigenvalue weighted by molar-refractivity contribution is 8.03. The number of ether oxygens (including phenoxy) is 3. The second-order valence-electron chi connectivity index (χ2n) is 7.27. The number of carbonyl (C=O) groups is 2. The molecule has 0 spiro atoms. The highest BCUT2D eigenvalue weighted by Gasteiger charge is 2.31. The maximum atomic E-state index is 12.5. The van der Waals surface area contributed by atoms with Gasteiger partial charge in [0, 0.05) is 18.0 Å². The van der Waals surface area contributed by atoms with Crippen LogP contribution in [0.15, 0.2) is 47.0 Å². The molecule has 2 amide bonds.